The Labute approximate surface area is 245 Å². The number of aromatic nitrogens is 2. The third-order valence-electron chi connectivity index (χ3n) is 9.40. The van der Waals surface area contributed by atoms with Crippen LogP contribution in [0.3, 0.4) is 0 Å². The Morgan fingerprint density at radius 3 is 2.26 bits per heavy atom. The second kappa shape index (κ2) is 9.32. The van der Waals surface area contributed by atoms with E-state index in [4.69, 9.17) is 9.72 Å². The first-order valence-corrected chi connectivity index (χ1v) is 15.1. The maximum Gasteiger partial charge on any atom is 0.147 e. The van der Waals surface area contributed by atoms with Gasteiger partial charge < -0.3 is 9.30 Å². The van der Waals surface area contributed by atoms with Crippen molar-refractivity contribution in [3.63, 3.8) is 0 Å². The predicted octanol–water partition coefficient (Wildman–Crippen LogP) is 9.65. The fourth-order valence-corrected chi connectivity index (χ4v) is 7.57. The molecule has 202 valence electrons. The van der Waals surface area contributed by atoms with Crippen molar-refractivity contribution < 1.29 is 4.74 Å². The SMILES string of the molecule is C1=CC(c2cc(C3CC=CC4Oc5c(cccc5-n5c6ccccc6c6ccccc65)C43)c3ccccc3n2)=CCC1. The first-order valence-electron chi connectivity index (χ1n) is 15.1. The molecule has 3 nitrogen and oxygen atoms in total. The van der Waals surface area contributed by atoms with Crippen LogP contribution >= 0.6 is 0 Å². The van der Waals surface area contributed by atoms with Crippen molar-refractivity contribution in [3.8, 4) is 11.4 Å². The zero-order valence-corrected chi connectivity index (χ0v) is 23.3. The van der Waals surface area contributed by atoms with Gasteiger partial charge in [0.05, 0.1) is 27.9 Å². The lowest BCUT2D eigenvalue weighted by atomic mass is 9.73. The van der Waals surface area contributed by atoms with Gasteiger partial charge >= 0.3 is 0 Å². The number of ether oxygens (including phenoxy) is 1. The number of hydrogen-bond donors (Lipinski definition) is 0. The molecule has 0 saturated carbocycles. The molecule has 1 aliphatic heterocycles. The molecule has 42 heavy (non-hydrogen) atoms. The molecule has 3 atom stereocenters. The van der Waals surface area contributed by atoms with Crippen molar-refractivity contribution in [1.29, 1.82) is 0 Å². The summed E-state index contributed by atoms with van der Waals surface area (Å²) in [6, 6.07) is 35.1. The van der Waals surface area contributed by atoms with Crippen LogP contribution in [0.1, 0.15) is 47.9 Å². The molecule has 2 aliphatic carbocycles. The van der Waals surface area contributed by atoms with Gasteiger partial charge in [-0.25, -0.2) is 4.98 Å². The van der Waals surface area contributed by atoms with E-state index in [1.807, 2.05) is 0 Å². The third-order valence-corrected chi connectivity index (χ3v) is 9.40. The predicted molar refractivity (Wildman–Crippen MR) is 173 cm³/mol. The molecule has 2 aromatic heterocycles. The van der Waals surface area contributed by atoms with Crippen LogP contribution in [0, 0.1) is 0 Å². The summed E-state index contributed by atoms with van der Waals surface area (Å²) in [5, 5.41) is 3.77. The fraction of sp³-hybridized carbons (Fsp3) is 0.154. The number of fused-ring (bicyclic) bond motifs is 7. The lowest BCUT2D eigenvalue weighted by Crippen LogP contribution is -2.25. The van der Waals surface area contributed by atoms with Crippen LogP contribution in [0.4, 0.5) is 0 Å². The van der Waals surface area contributed by atoms with E-state index < -0.39 is 0 Å². The van der Waals surface area contributed by atoms with Gasteiger partial charge in [-0.05, 0) is 72.7 Å². The monoisotopic (exact) mass is 542 g/mol. The maximum atomic E-state index is 6.93. The summed E-state index contributed by atoms with van der Waals surface area (Å²) in [6.07, 6.45) is 14.6. The van der Waals surface area contributed by atoms with Gasteiger partial charge in [0, 0.05) is 27.6 Å². The molecule has 0 bridgehead atoms. The van der Waals surface area contributed by atoms with Gasteiger partial charge in [0.2, 0.25) is 0 Å². The molecule has 0 fully saturated rings. The van der Waals surface area contributed by atoms with Crippen molar-refractivity contribution in [2.45, 2.75) is 37.2 Å². The van der Waals surface area contributed by atoms with E-state index in [1.165, 1.54) is 43.9 Å². The molecule has 0 amide bonds. The highest BCUT2D eigenvalue weighted by atomic mass is 16.5. The molecule has 3 heteroatoms. The van der Waals surface area contributed by atoms with E-state index in [0.29, 0.717) is 0 Å². The summed E-state index contributed by atoms with van der Waals surface area (Å²) in [6.45, 7) is 0. The zero-order valence-electron chi connectivity index (χ0n) is 23.3. The largest absolute Gasteiger partial charge is 0.483 e. The van der Waals surface area contributed by atoms with Gasteiger partial charge in [-0.1, -0.05) is 91.0 Å². The van der Waals surface area contributed by atoms with Gasteiger partial charge in [-0.15, -0.1) is 0 Å². The highest BCUT2D eigenvalue weighted by Crippen LogP contribution is 2.53. The summed E-state index contributed by atoms with van der Waals surface area (Å²) in [4.78, 5) is 5.12. The van der Waals surface area contributed by atoms with Gasteiger partial charge in [0.1, 0.15) is 11.9 Å². The van der Waals surface area contributed by atoms with Crippen LogP contribution < -0.4 is 4.74 Å². The van der Waals surface area contributed by atoms with E-state index in [-0.39, 0.29) is 17.9 Å². The number of hydrogen-bond acceptors (Lipinski definition) is 2. The Morgan fingerprint density at radius 1 is 0.714 bits per heavy atom. The molecular formula is C39H30N2O. The summed E-state index contributed by atoms with van der Waals surface area (Å²) < 4.78 is 9.32. The summed E-state index contributed by atoms with van der Waals surface area (Å²) in [7, 11) is 0. The van der Waals surface area contributed by atoms with Crippen molar-refractivity contribution >= 4 is 38.3 Å². The van der Waals surface area contributed by atoms with Crippen LogP contribution in [0.2, 0.25) is 0 Å². The Bertz CT molecular complexity index is 2070. The lowest BCUT2D eigenvalue weighted by Gasteiger charge is -2.30. The van der Waals surface area contributed by atoms with E-state index >= 15 is 0 Å². The Morgan fingerprint density at radius 2 is 1.48 bits per heavy atom. The standard InChI is InChI=1S/C39H30N2O/c1-2-12-25(13-3-1)33-24-31(26-14-4-7-19-32(26)40-33)29-17-11-23-37-38(29)30-18-10-22-36(39(30)42-37)41-34-20-8-5-15-27(34)28-16-6-9-21-35(28)41/h2,4-16,18-24,29,37-38H,1,3,17H2. The van der Waals surface area contributed by atoms with Gasteiger partial charge in [0.15, 0.2) is 0 Å². The smallest absolute Gasteiger partial charge is 0.147 e. The quantitative estimate of drug-likeness (QED) is 0.208. The van der Waals surface area contributed by atoms with Crippen LogP contribution in [0.15, 0.2) is 127 Å². The summed E-state index contributed by atoms with van der Waals surface area (Å²) in [5.41, 5.74) is 9.56. The second-order valence-electron chi connectivity index (χ2n) is 11.7. The topological polar surface area (TPSA) is 27.1 Å². The van der Waals surface area contributed by atoms with Crippen molar-refractivity contribution in [2.75, 3.05) is 0 Å². The van der Waals surface area contributed by atoms with Gasteiger partial charge in [-0.3, -0.25) is 0 Å². The third kappa shape index (κ3) is 3.50. The summed E-state index contributed by atoms with van der Waals surface area (Å²) in [5.74, 6) is 1.52. The first kappa shape index (κ1) is 23.8. The molecule has 0 radical (unpaired) electrons. The lowest BCUT2D eigenvalue weighted by molar-refractivity contribution is 0.232. The van der Waals surface area contributed by atoms with E-state index in [0.717, 1.165) is 41.9 Å². The van der Waals surface area contributed by atoms with E-state index in [1.54, 1.807) is 0 Å². The minimum absolute atomic E-state index is 0.00263. The summed E-state index contributed by atoms with van der Waals surface area (Å²) >= 11 is 0. The average Bonchev–Trinajstić information content (AvgIpc) is 3.61. The average molecular weight is 543 g/mol. The van der Waals surface area contributed by atoms with E-state index in [2.05, 4.69) is 132 Å². The Kier molecular flexibility index (Phi) is 5.28. The molecular weight excluding hydrogens is 512 g/mol. The van der Waals surface area contributed by atoms with Crippen LogP contribution in [-0.4, -0.2) is 15.7 Å². The normalized spacial score (nSPS) is 21.0. The Balaban J connectivity index is 1.24. The maximum absolute atomic E-state index is 6.93. The Hall–Kier alpha value is -4.89. The highest BCUT2D eigenvalue weighted by Gasteiger charge is 2.42. The minimum atomic E-state index is -0.00263. The van der Waals surface area contributed by atoms with Crippen molar-refractivity contribution in [1.82, 2.24) is 9.55 Å². The number of benzene rings is 4. The van der Waals surface area contributed by atoms with Crippen molar-refractivity contribution in [2.24, 2.45) is 0 Å². The molecule has 6 aromatic rings. The molecule has 3 unspecified atom stereocenters. The molecule has 4 aromatic carbocycles. The number of allylic oxidation sites excluding steroid dienone is 5. The molecule has 3 aliphatic rings. The molecule has 3 heterocycles. The van der Waals surface area contributed by atoms with Crippen LogP contribution in [-0.2, 0) is 0 Å². The minimum Gasteiger partial charge on any atom is -0.483 e. The second-order valence-corrected chi connectivity index (χ2v) is 11.7. The molecule has 0 saturated heterocycles. The van der Waals surface area contributed by atoms with Crippen LogP contribution in [0.25, 0.3) is 44.0 Å². The number of pyridine rings is 1. The number of nitrogens with zero attached hydrogens (tertiary/aromatic N) is 2. The zero-order chi connectivity index (χ0) is 27.6. The van der Waals surface area contributed by atoms with Gasteiger partial charge in [-0.2, -0.15) is 0 Å². The highest BCUT2D eigenvalue weighted by molar-refractivity contribution is 6.09. The fourth-order valence-electron chi connectivity index (χ4n) is 7.57. The first-order chi connectivity index (χ1) is 20.8. The van der Waals surface area contributed by atoms with Crippen molar-refractivity contribution in [3.05, 3.63) is 144 Å². The number of para-hydroxylation sites is 4. The van der Waals surface area contributed by atoms with E-state index in [9.17, 15) is 0 Å². The van der Waals surface area contributed by atoms with Gasteiger partial charge in [0.25, 0.3) is 0 Å². The molecule has 9 rings (SSSR count). The molecule has 0 spiro atoms. The van der Waals surface area contributed by atoms with Crippen LogP contribution in [0.5, 0.6) is 5.75 Å². The molecule has 0 N–H and O–H groups in total. The number of rotatable bonds is 3.